The van der Waals surface area contributed by atoms with Crippen LogP contribution in [0.3, 0.4) is 0 Å². The Bertz CT molecular complexity index is 483. The van der Waals surface area contributed by atoms with Crippen molar-refractivity contribution < 1.29 is 10.0 Å². The Kier molecular flexibility index (Phi) is 2.44. The summed E-state index contributed by atoms with van der Waals surface area (Å²) in [5.74, 6) is 0. The molecule has 0 spiro atoms. The van der Waals surface area contributed by atoms with E-state index in [2.05, 4.69) is 12.6 Å². The predicted octanol–water partition coefficient (Wildman–Crippen LogP) is 0.452. The summed E-state index contributed by atoms with van der Waals surface area (Å²) in [5, 5.41) is 21.0. The fraction of sp³-hybridized carbons (Fsp3) is 0. The van der Waals surface area contributed by atoms with Gasteiger partial charge in [-0.25, -0.2) is 0 Å². The molecule has 0 saturated carbocycles. The van der Waals surface area contributed by atoms with E-state index in [4.69, 9.17) is 5.73 Å². The monoisotopic (exact) mass is 225 g/mol. The molecular formula is C8H8BNO2S2. The van der Waals surface area contributed by atoms with Gasteiger partial charge in [-0.2, -0.15) is 0 Å². The van der Waals surface area contributed by atoms with Gasteiger partial charge in [-0.3, -0.25) is 0 Å². The number of hydrogen-bond donors (Lipinski definition) is 4. The van der Waals surface area contributed by atoms with Crippen molar-refractivity contribution in [2.75, 3.05) is 5.73 Å². The van der Waals surface area contributed by atoms with Crippen molar-refractivity contribution >= 4 is 52.3 Å². The van der Waals surface area contributed by atoms with Gasteiger partial charge in [-0.05, 0) is 6.07 Å². The van der Waals surface area contributed by atoms with Crippen molar-refractivity contribution in [1.29, 1.82) is 0 Å². The molecule has 0 aliphatic rings. The number of rotatable bonds is 1. The van der Waals surface area contributed by atoms with Crippen LogP contribution in [0.25, 0.3) is 10.1 Å². The average Bonchev–Trinajstić information content (AvgIpc) is 2.47. The van der Waals surface area contributed by atoms with Crippen LogP contribution in [-0.2, 0) is 0 Å². The van der Waals surface area contributed by atoms with Crippen LogP contribution in [0.4, 0.5) is 5.69 Å². The number of fused-ring (bicyclic) bond motifs is 1. The summed E-state index contributed by atoms with van der Waals surface area (Å²) in [6.07, 6.45) is 0. The van der Waals surface area contributed by atoms with Gasteiger partial charge in [0.1, 0.15) is 0 Å². The zero-order valence-electron chi connectivity index (χ0n) is 7.14. The molecule has 0 saturated heterocycles. The second-order valence-electron chi connectivity index (χ2n) is 2.94. The molecule has 0 amide bonds. The SMILES string of the molecule is Nc1csc2c(B(O)O)c(S)ccc12. The van der Waals surface area contributed by atoms with Crippen molar-refractivity contribution in [3.63, 3.8) is 0 Å². The number of thiol groups is 1. The average molecular weight is 225 g/mol. The fourth-order valence-corrected chi connectivity index (χ4v) is 2.78. The number of hydrogen-bond acceptors (Lipinski definition) is 5. The van der Waals surface area contributed by atoms with Gasteiger partial charge in [-0.1, -0.05) is 6.07 Å². The highest BCUT2D eigenvalue weighted by Crippen LogP contribution is 2.28. The van der Waals surface area contributed by atoms with E-state index in [1.54, 1.807) is 11.4 Å². The van der Waals surface area contributed by atoms with Crippen LogP contribution in [0.2, 0.25) is 0 Å². The van der Waals surface area contributed by atoms with Crippen LogP contribution in [0.1, 0.15) is 0 Å². The van der Waals surface area contributed by atoms with Crippen LogP contribution < -0.4 is 11.2 Å². The largest absolute Gasteiger partial charge is 0.491 e. The molecular weight excluding hydrogens is 217 g/mol. The lowest BCUT2D eigenvalue weighted by Crippen LogP contribution is -2.31. The van der Waals surface area contributed by atoms with E-state index >= 15 is 0 Å². The molecule has 0 aliphatic carbocycles. The summed E-state index contributed by atoms with van der Waals surface area (Å²) >= 11 is 5.56. The fourth-order valence-electron chi connectivity index (χ4n) is 1.38. The van der Waals surface area contributed by atoms with E-state index in [1.165, 1.54) is 11.3 Å². The first-order valence-corrected chi connectivity index (χ1v) is 5.28. The Morgan fingerprint density at radius 3 is 2.71 bits per heavy atom. The van der Waals surface area contributed by atoms with Gasteiger partial charge in [0.05, 0.1) is 5.69 Å². The third-order valence-electron chi connectivity index (χ3n) is 2.05. The minimum atomic E-state index is -1.51. The highest BCUT2D eigenvalue weighted by molar-refractivity contribution is 7.80. The maximum Gasteiger partial charge on any atom is 0.491 e. The molecule has 6 heteroatoms. The topological polar surface area (TPSA) is 66.5 Å². The summed E-state index contributed by atoms with van der Waals surface area (Å²) in [4.78, 5) is 0.564. The van der Waals surface area contributed by atoms with Gasteiger partial charge in [0.15, 0.2) is 0 Å². The smallest absolute Gasteiger partial charge is 0.423 e. The summed E-state index contributed by atoms with van der Waals surface area (Å²) < 4.78 is 0.782. The first-order chi connectivity index (χ1) is 6.61. The number of nitrogens with two attached hydrogens (primary N) is 1. The second-order valence-corrected chi connectivity index (χ2v) is 4.30. The Morgan fingerprint density at radius 2 is 2.07 bits per heavy atom. The third kappa shape index (κ3) is 1.40. The van der Waals surface area contributed by atoms with E-state index in [0.29, 0.717) is 16.0 Å². The van der Waals surface area contributed by atoms with Crippen molar-refractivity contribution in [2.24, 2.45) is 0 Å². The summed E-state index contributed by atoms with van der Waals surface area (Å²) in [6, 6.07) is 3.54. The van der Waals surface area contributed by atoms with Crippen molar-refractivity contribution in [2.45, 2.75) is 4.90 Å². The standard InChI is InChI=1S/C8H8BNO2S2/c10-5-3-14-8-4(5)1-2-6(13)7(8)9(11)12/h1-3,11-13H,10H2. The van der Waals surface area contributed by atoms with Gasteiger partial charge < -0.3 is 15.8 Å². The Labute approximate surface area is 90.7 Å². The van der Waals surface area contributed by atoms with Crippen LogP contribution >= 0.6 is 24.0 Å². The molecule has 0 fully saturated rings. The van der Waals surface area contributed by atoms with E-state index in [1.807, 2.05) is 6.07 Å². The summed E-state index contributed by atoms with van der Waals surface area (Å²) in [5.41, 5.74) is 6.79. The van der Waals surface area contributed by atoms with Gasteiger partial charge in [-0.15, -0.1) is 24.0 Å². The lowest BCUT2D eigenvalue weighted by Gasteiger charge is -2.04. The molecule has 72 valence electrons. The van der Waals surface area contributed by atoms with Crippen molar-refractivity contribution in [3.8, 4) is 0 Å². The zero-order chi connectivity index (χ0) is 10.3. The van der Waals surface area contributed by atoms with Crippen LogP contribution in [0.15, 0.2) is 22.4 Å². The molecule has 1 aromatic heterocycles. The highest BCUT2D eigenvalue weighted by Gasteiger charge is 2.19. The molecule has 0 atom stereocenters. The maximum absolute atomic E-state index is 9.18. The molecule has 0 bridgehead atoms. The number of benzene rings is 1. The second kappa shape index (κ2) is 3.47. The predicted molar refractivity (Wildman–Crippen MR) is 63.3 cm³/mol. The van der Waals surface area contributed by atoms with Crippen LogP contribution in [-0.4, -0.2) is 17.2 Å². The Balaban J connectivity index is 2.83. The molecule has 14 heavy (non-hydrogen) atoms. The molecule has 0 aliphatic heterocycles. The molecule has 2 rings (SSSR count). The molecule has 3 nitrogen and oxygen atoms in total. The van der Waals surface area contributed by atoms with E-state index in [9.17, 15) is 10.0 Å². The number of anilines is 1. The van der Waals surface area contributed by atoms with Crippen LogP contribution in [0.5, 0.6) is 0 Å². The minimum Gasteiger partial charge on any atom is -0.423 e. The summed E-state index contributed by atoms with van der Waals surface area (Å²) in [7, 11) is -1.51. The molecule has 1 aromatic carbocycles. The van der Waals surface area contributed by atoms with E-state index in [-0.39, 0.29) is 0 Å². The van der Waals surface area contributed by atoms with Crippen LogP contribution in [0, 0.1) is 0 Å². The van der Waals surface area contributed by atoms with Gasteiger partial charge >= 0.3 is 7.12 Å². The van der Waals surface area contributed by atoms with Gasteiger partial charge in [0.2, 0.25) is 0 Å². The lowest BCUT2D eigenvalue weighted by molar-refractivity contribution is 0.425. The minimum absolute atomic E-state index is 0.424. The van der Waals surface area contributed by atoms with E-state index < -0.39 is 7.12 Å². The summed E-state index contributed by atoms with van der Waals surface area (Å²) in [6.45, 7) is 0. The van der Waals surface area contributed by atoms with Gasteiger partial charge in [0.25, 0.3) is 0 Å². The quantitative estimate of drug-likeness (QED) is 0.421. The number of thiophene rings is 1. The van der Waals surface area contributed by atoms with E-state index in [0.717, 1.165) is 10.1 Å². The van der Waals surface area contributed by atoms with Crippen molar-refractivity contribution in [1.82, 2.24) is 0 Å². The Hall–Kier alpha value is -0.685. The lowest BCUT2D eigenvalue weighted by atomic mass is 9.79. The first kappa shape index (κ1) is 9.85. The Morgan fingerprint density at radius 1 is 1.36 bits per heavy atom. The zero-order valence-corrected chi connectivity index (χ0v) is 8.85. The molecule has 0 unspecified atom stereocenters. The molecule has 0 radical (unpaired) electrons. The number of nitrogen functional groups attached to an aromatic ring is 1. The molecule has 2 aromatic rings. The highest BCUT2D eigenvalue weighted by atomic mass is 32.1. The maximum atomic E-state index is 9.18. The van der Waals surface area contributed by atoms with Crippen molar-refractivity contribution in [3.05, 3.63) is 17.5 Å². The molecule has 4 N–H and O–H groups in total. The molecule has 1 heterocycles. The first-order valence-electron chi connectivity index (χ1n) is 3.96. The van der Waals surface area contributed by atoms with Gasteiger partial charge in [0, 0.05) is 25.8 Å². The normalized spacial score (nSPS) is 10.8. The third-order valence-corrected chi connectivity index (χ3v) is 3.48.